The van der Waals surface area contributed by atoms with E-state index in [1.165, 1.54) is 35.7 Å². The lowest BCUT2D eigenvalue weighted by molar-refractivity contribution is -0.137. The van der Waals surface area contributed by atoms with Gasteiger partial charge in [0, 0.05) is 35.8 Å². The predicted octanol–water partition coefficient (Wildman–Crippen LogP) is 4.88. The van der Waals surface area contributed by atoms with E-state index in [2.05, 4.69) is 72.0 Å². The summed E-state index contributed by atoms with van der Waals surface area (Å²) in [5, 5.41) is 0. The van der Waals surface area contributed by atoms with Crippen LogP contribution in [0, 0.1) is 6.92 Å². The van der Waals surface area contributed by atoms with E-state index in [-0.39, 0.29) is 18.2 Å². The van der Waals surface area contributed by atoms with Crippen LogP contribution in [0.25, 0.3) is 11.3 Å². The van der Waals surface area contributed by atoms with Crippen molar-refractivity contribution in [2.45, 2.75) is 49.8 Å². The van der Waals surface area contributed by atoms with Gasteiger partial charge in [0.2, 0.25) is 0 Å². The van der Waals surface area contributed by atoms with E-state index in [1.807, 2.05) is 0 Å². The number of benzene rings is 2. The van der Waals surface area contributed by atoms with Gasteiger partial charge in [-0.25, -0.2) is 4.98 Å². The van der Waals surface area contributed by atoms with E-state index in [4.69, 9.17) is 14.5 Å². The second-order valence-electron chi connectivity index (χ2n) is 9.41. The van der Waals surface area contributed by atoms with Crippen molar-refractivity contribution in [3.05, 3.63) is 71.2 Å². The van der Waals surface area contributed by atoms with Crippen LogP contribution >= 0.6 is 11.8 Å². The first-order valence-corrected chi connectivity index (χ1v) is 13.3. The Morgan fingerprint density at radius 1 is 1.09 bits per heavy atom. The van der Waals surface area contributed by atoms with E-state index < -0.39 is 0 Å². The minimum Gasteiger partial charge on any atom is -0.468 e. The van der Waals surface area contributed by atoms with Crippen LogP contribution in [-0.4, -0.2) is 59.5 Å². The summed E-state index contributed by atoms with van der Waals surface area (Å²) in [7, 11) is 3.60. The van der Waals surface area contributed by atoms with Crippen molar-refractivity contribution in [1.82, 2.24) is 14.5 Å². The van der Waals surface area contributed by atoms with E-state index in [1.54, 1.807) is 0 Å². The first-order valence-electron chi connectivity index (χ1n) is 12.3. The molecule has 2 aliphatic rings. The topological polar surface area (TPSA) is 56.6 Å². The molecule has 2 aromatic carbocycles. The van der Waals surface area contributed by atoms with Crippen molar-refractivity contribution < 1.29 is 14.3 Å². The highest BCUT2D eigenvalue weighted by molar-refractivity contribution is 8.00. The van der Waals surface area contributed by atoms with Gasteiger partial charge in [0.25, 0.3) is 0 Å². The molecule has 2 aliphatic heterocycles. The van der Waals surface area contributed by atoms with Crippen molar-refractivity contribution in [3.63, 3.8) is 0 Å². The molecule has 0 N–H and O–H groups in total. The number of likely N-dealkylation sites (tertiary alicyclic amines) is 1. The maximum Gasteiger partial charge on any atom is 0.315 e. The van der Waals surface area contributed by atoms with Gasteiger partial charge in [0.05, 0.1) is 24.7 Å². The third-order valence-corrected chi connectivity index (χ3v) is 8.12. The van der Waals surface area contributed by atoms with Crippen molar-refractivity contribution in [3.8, 4) is 11.3 Å². The number of carbonyl (C=O) groups excluding carboxylic acids is 1. The molecule has 1 unspecified atom stereocenters. The average Bonchev–Trinajstić information content (AvgIpc) is 3.13. The second kappa shape index (κ2) is 10.6. The van der Waals surface area contributed by atoms with Gasteiger partial charge in [-0.3, -0.25) is 4.79 Å². The molecular formula is C28H33N3O3S. The Bertz CT molecular complexity index is 1180. The van der Waals surface area contributed by atoms with Gasteiger partial charge >= 0.3 is 5.97 Å². The SMILES string of the molecule is COC(=O)CSc1ccc(-c2nc3n(c2C)CCc2ccccc2C3OC2CCN(C)CC2)cc1. The van der Waals surface area contributed by atoms with Crippen molar-refractivity contribution in [2.24, 2.45) is 0 Å². The number of piperidine rings is 1. The van der Waals surface area contributed by atoms with Crippen LogP contribution in [0.15, 0.2) is 53.4 Å². The normalized spacial score (nSPS) is 18.5. The van der Waals surface area contributed by atoms with E-state index in [9.17, 15) is 4.79 Å². The number of thioether (sulfide) groups is 1. The number of carbonyl (C=O) groups is 1. The molecule has 0 radical (unpaired) electrons. The van der Waals surface area contributed by atoms with Crippen LogP contribution < -0.4 is 0 Å². The molecule has 1 fully saturated rings. The number of esters is 1. The van der Waals surface area contributed by atoms with Gasteiger partial charge in [-0.15, -0.1) is 11.8 Å². The smallest absolute Gasteiger partial charge is 0.315 e. The van der Waals surface area contributed by atoms with Gasteiger partial charge in [-0.05, 0) is 56.5 Å². The lowest BCUT2D eigenvalue weighted by Crippen LogP contribution is -2.35. The summed E-state index contributed by atoms with van der Waals surface area (Å²) in [6.07, 6.45) is 3.14. The van der Waals surface area contributed by atoms with Gasteiger partial charge < -0.3 is 18.9 Å². The fraction of sp³-hybridized carbons (Fsp3) is 0.429. The third-order valence-electron chi connectivity index (χ3n) is 7.13. The highest BCUT2D eigenvalue weighted by atomic mass is 32.2. The average molecular weight is 492 g/mol. The summed E-state index contributed by atoms with van der Waals surface area (Å²) in [6.45, 7) is 5.19. The number of rotatable bonds is 6. The van der Waals surface area contributed by atoms with E-state index in [0.717, 1.165) is 60.9 Å². The lowest BCUT2D eigenvalue weighted by Gasteiger charge is -2.32. The van der Waals surface area contributed by atoms with Gasteiger partial charge in [0.15, 0.2) is 0 Å². The van der Waals surface area contributed by atoms with E-state index in [0.29, 0.717) is 5.75 Å². The first-order chi connectivity index (χ1) is 17.0. The number of nitrogens with zero attached hydrogens (tertiary/aromatic N) is 3. The molecule has 0 aliphatic carbocycles. The van der Waals surface area contributed by atoms with Crippen molar-refractivity contribution in [2.75, 3.05) is 33.0 Å². The summed E-state index contributed by atoms with van der Waals surface area (Å²) in [5.41, 5.74) is 5.84. The molecule has 1 aromatic heterocycles. The number of aromatic nitrogens is 2. The number of methoxy groups -OCH3 is 1. The zero-order valence-electron chi connectivity index (χ0n) is 20.7. The molecule has 1 saturated heterocycles. The molecular weight excluding hydrogens is 458 g/mol. The summed E-state index contributed by atoms with van der Waals surface area (Å²) in [5.74, 6) is 1.09. The molecule has 0 amide bonds. The molecule has 0 bridgehead atoms. The molecule has 7 heteroatoms. The van der Waals surface area contributed by atoms with Gasteiger partial charge in [-0.1, -0.05) is 36.4 Å². The highest BCUT2D eigenvalue weighted by Gasteiger charge is 2.32. The minimum atomic E-state index is -0.219. The highest BCUT2D eigenvalue weighted by Crippen LogP contribution is 2.37. The molecule has 6 nitrogen and oxygen atoms in total. The largest absolute Gasteiger partial charge is 0.468 e. The third kappa shape index (κ3) is 5.17. The quantitative estimate of drug-likeness (QED) is 0.362. The van der Waals surface area contributed by atoms with Crippen LogP contribution in [0.5, 0.6) is 0 Å². The fourth-order valence-electron chi connectivity index (χ4n) is 5.06. The molecule has 35 heavy (non-hydrogen) atoms. The molecule has 184 valence electrons. The number of imidazole rings is 1. The maximum atomic E-state index is 11.5. The Hall–Kier alpha value is -2.61. The Labute approximate surface area is 211 Å². The summed E-state index contributed by atoms with van der Waals surface area (Å²) < 4.78 is 13.9. The van der Waals surface area contributed by atoms with Gasteiger partial charge in [0.1, 0.15) is 11.9 Å². The fourth-order valence-corrected chi connectivity index (χ4v) is 5.79. The Balaban J connectivity index is 1.46. The van der Waals surface area contributed by atoms with Crippen LogP contribution in [-0.2, 0) is 27.2 Å². The van der Waals surface area contributed by atoms with E-state index >= 15 is 0 Å². The van der Waals surface area contributed by atoms with Crippen LogP contribution in [0.2, 0.25) is 0 Å². The molecule has 1 atom stereocenters. The zero-order valence-corrected chi connectivity index (χ0v) is 21.5. The van der Waals surface area contributed by atoms with Crippen LogP contribution in [0.4, 0.5) is 0 Å². The predicted molar refractivity (Wildman–Crippen MR) is 139 cm³/mol. The van der Waals surface area contributed by atoms with Gasteiger partial charge in [-0.2, -0.15) is 0 Å². The van der Waals surface area contributed by atoms with Crippen LogP contribution in [0.1, 0.15) is 41.6 Å². The Kier molecular flexibility index (Phi) is 7.27. The van der Waals surface area contributed by atoms with Crippen molar-refractivity contribution >= 4 is 17.7 Å². The monoisotopic (exact) mass is 491 g/mol. The second-order valence-corrected chi connectivity index (χ2v) is 10.5. The molecule has 3 heterocycles. The first kappa shape index (κ1) is 24.1. The number of fused-ring (bicyclic) bond motifs is 2. The number of aryl methyl sites for hydroxylation is 1. The maximum absolute atomic E-state index is 11.5. The molecule has 0 saturated carbocycles. The van der Waals surface area contributed by atoms with Crippen molar-refractivity contribution in [1.29, 1.82) is 0 Å². The summed E-state index contributed by atoms with van der Waals surface area (Å²) in [6, 6.07) is 17.0. The lowest BCUT2D eigenvalue weighted by atomic mass is 10.00. The Morgan fingerprint density at radius 3 is 2.57 bits per heavy atom. The number of hydrogen-bond acceptors (Lipinski definition) is 6. The molecule has 0 spiro atoms. The molecule has 5 rings (SSSR count). The number of hydrogen-bond donors (Lipinski definition) is 0. The Morgan fingerprint density at radius 2 is 1.83 bits per heavy atom. The standard InChI is InChI=1S/C28H33N3O3S/c1-19-26(21-8-10-23(11-9-21)35-18-25(32)33-3)29-28-27(34-22-13-15-30(2)16-14-22)24-7-5-4-6-20(24)12-17-31(19)28/h4-11,22,27H,12-18H2,1-3H3. The summed E-state index contributed by atoms with van der Waals surface area (Å²) >= 11 is 1.48. The number of ether oxygens (including phenoxy) is 2. The molecule has 3 aromatic rings. The zero-order chi connectivity index (χ0) is 24.4. The van der Waals surface area contributed by atoms with Crippen LogP contribution in [0.3, 0.4) is 0 Å². The summed E-state index contributed by atoms with van der Waals surface area (Å²) in [4.78, 5) is 20.1. The minimum absolute atomic E-state index is 0.163.